The van der Waals surface area contributed by atoms with E-state index in [2.05, 4.69) is 4.98 Å². The standard InChI is InChI=1S/C11H13FN4O2/c12-7-2-1-3-8-10(7)16(11(14)15-8)4-5-18-6-9(13)17/h1-3H,4-6H2,(H2,13,17)(H2,14,15). The molecule has 0 fully saturated rings. The lowest BCUT2D eigenvalue weighted by molar-refractivity contribution is -0.122. The van der Waals surface area contributed by atoms with Gasteiger partial charge >= 0.3 is 0 Å². The molecule has 0 saturated carbocycles. The minimum atomic E-state index is -0.551. The Kier molecular flexibility index (Phi) is 3.42. The number of fused-ring (bicyclic) bond motifs is 1. The highest BCUT2D eigenvalue weighted by molar-refractivity contribution is 5.78. The van der Waals surface area contributed by atoms with E-state index in [9.17, 15) is 9.18 Å². The molecule has 4 N–H and O–H groups in total. The van der Waals surface area contributed by atoms with Gasteiger partial charge in [-0.15, -0.1) is 0 Å². The summed E-state index contributed by atoms with van der Waals surface area (Å²) in [5.74, 6) is -0.742. The van der Waals surface area contributed by atoms with Gasteiger partial charge in [0.2, 0.25) is 11.9 Å². The van der Waals surface area contributed by atoms with Crippen LogP contribution in [0.4, 0.5) is 10.3 Å². The Morgan fingerprint density at radius 3 is 3.00 bits per heavy atom. The molecule has 0 atom stereocenters. The molecule has 0 aliphatic carbocycles. The fourth-order valence-electron chi connectivity index (χ4n) is 1.71. The molecule has 0 bridgehead atoms. The van der Waals surface area contributed by atoms with E-state index in [1.807, 2.05) is 0 Å². The second kappa shape index (κ2) is 5.01. The summed E-state index contributed by atoms with van der Waals surface area (Å²) in [4.78, 5) is 14.5. The Hall–Kier alpha value is -2.15. The van der Waals surface area contributed by atoms with Crippen LogP contribution >= 0.6 is 0 Å². The molecule has 7 heteroatoms. The molecular formula is C11H13FN4O2. The van der Waals surface area contributed by atoms with Crippen molar-refractivity contribution in [3.8, 4) is 0 Å². The van der Waals surface area contributed by atoms with Crippen LogP contribution in [0.3, 0.4) is 0 Å². The smallest absolute Gasteiger partial charge is 0.243 e. The van der Waals surface area contributed by atoms with E-state index >= 15 is 0 Å². The molecule has 1 heterocycles. The zero-order chi connectivity index (χ0) is 13.1. The van der Waals surface area contributed by atoms with Gasteiger partial charge in [0, 0.05) is 6.54 Å². The van der Waals surface area contributed by atoms with E-state index < -0.39 is 11.7 Å². The van der Waals surface area contributed by atoms with E-state index in [-0.39, 0.29) is 19.2 Å². The van der Waals surface area contributed by atoms with Gasteiger partial charge < -0.3 is 20.8 Å². The van der Waals surface area contributed by atoms with Gasteiger partial charge in [-0.25, -0.2) is 9.37 Å². The Morgan fingerprint density at radius 2 is 2.28 bits per heavy atom. The normalized spacial score (nSPS) is 10.9. The van der Waals surface area contributed by atoms with Crippen LogP contribution in [0, 0.1) is 5.82 Å². The minimum Gasteiger partial charge on any atom is -0.370 e. The third kappa shape index (κ3) is 2.40. The Balaban J connectivity index is 2.17. The number of carbonyl (C=O) groups excluding carboxylic acids is 1. The molecular weight excluding hydrogens is 239 g/mol. The van der Waals surface area contributed by atoms with Gasteiger partial charge in [-0.2, -0.15) is 0 Å². The number of anilines is 1. The summed E-state index contributed by atoms with van der Waals surface area (Å²) in [6.07, 6.45) is 0. The fraction of sp³-hybridized carbons (Fsp3) is 0.273. The Morgan fingerprint density at radius 1 is 1.50 bits per heavy atom. The number of primary amides is 1. The zero-order valence-corrected chi connectivity index (χ0v) is 9.60. The lowest BCUT2D eigenvalue weighted by atomic mass is 10.3. The van der Waals surface area contributed by atoms with Crippen molar-refractivity contribution in [2.24, 2.45) is 5.73 Å². The third-order valence-electron chi connectivity index (χ3n) is 2.45. The summed E-state index contributed by atoms with van der Waals surface area (Å²) in [6.45, 7) is 0.332. The molecule has 2 rings (SSSR count). The van der Waals surface area contributed by atoms with Crippen LogP contribution < -0.4 is 11.5 Å². The van der Waals surface area contributed by atoms with E-state index in [1.54, 1.807) is 12.1 Å². The summed E-state index contributed by atoms with van der Waals surface area (Å²) >= 11 is 0. The number of hydrogen-bond donors (Lipinski definition) is 2. The molecule has 1 aromatic heterocycles. The SMILES string of the molecule is NC(=O)COCCn1c(N)nc2cccc(F)c21. The van der Waals surface area contributed by atoms with Crippen molar-refractivity contribution in [2.45, 2.75) is 6.54 Å². The molecule has 0 saturated heterocycles. The largest absolute Gasteiger partial charge is 0.370 e. The van der Waals surface area contributed by atoms with Crippen LogP contribution in [0.15, 0.2) is 18.2 Å². The molecule has 1 amide bonds. The predicted octanol–water partition coefficient (Wildman–Crippen LogP) is 0.260. The first-order valence-corrected chi connectivity index (χ1v) is 5.36. The van der Waals surface area contributed by atoms with Gasteiger partial charge in [-0.1, -0.05) is 6.07 Å². The molecule has 1 aromatic carbocycles. The van der Waals surface area contributed by atoms with Crippen LogP contribution in [0.2, 0.25) is 0 Å². The van der Waals surface area contributed by atoms with Crippen molar-refractivity contribution in [3.05, 3.63) is 24.0 Å². The number of aromatic nitrogens is 2. The van der Waals surface area contributed by atoms with Crippen molar-refractivity contribution >= 4 is 22.9 Å². The first kappa shape index (κ1) is 12.3. The molecule has 0 radical (unpaired) electrons. The maximum atomic E-state index is 13.7. The number of rotatable bonds is 5. The van der Waals surface area contributed by atoms with Crippen molar-refractivity contribution in [1.29, 1.82) is 0 Å². The number of benzene rings is 1. The van der Waals surface area contributed by atoms with Gasteiger partial charge in [-0.05, 0) is 12.1 Å². The average Bonchev–Trinajstić information content (AvgIpc) is 2.62. The molecule has 6 nitrogen and oxygen atoms in total. The van der Waals surface area contributed by atoms with E-state index in [4.69, 9.17) is 16.2 Å². The topological polar surface area (TPSA) is 96.2 Å². The highest BCUT2D eigenvalue weighted by Crippen LogP contribution is 2.20. The lowest BCUT2D eigenvalue weighted by Gasteiger charge is -2.06. The minimum absolute atomic E-state index is 0.172. The molecule has 96 valence electrons. The molecule has 2 aromatic rings. The number of nitrogens with zero attached hydrogens (tertiary/aromatic N) is 2. The average molecular weight is 252 g/mol. The van der Waals surface area contributed by atoms with Crippen LogP contribution in [0.25, 0.3) is 11.0 Å². The monoisotopic (exact) mass is 252 g/mol. The third-order valence-corrected chi connectivity index (χ3v) is 2.45. The van der Waals surface area contributed by atoms with Crippen LogP contribution in [0.1, 0.15) is 0 Å². The second-order valence-corrected chi connectivity index (χ2v) is 3.75. The molecule has 18 heavy (non-hydrogen) atoms. The first-order valence-electron chi connectivity index (χ1n) is 5.36. The van der Waals surface area contributed by atoms with E-state index in [1.165, 1.54) is 10.6 Å². The van der Waals surface area contributed by atoms with Gasteiger partial charge in [-0.3, -0.25) is 4.79 Å². The summed E-state index contributed by atoms with van der Waals surface area (Å²) in [5.41, 5.74) is 11.5. The van der Waals surface area contributed by atoms with E-state index in [0.29, 0.717) is 17.6 Å². The van der Waals surface area contributed by atoms with Crippen LogP contribution in [-0.2, 0) is 16.1 Å². The number of halogens is 1. The van der Waals surface area contributed by atoms with Gasteiger partial charge in [0.25, 0.3) is 0 Å². The van der Waals surface area contributed by atoms with E-state index in [0.717, 1.165) is 0 Å². The number of nitrogen functional groups attached to an aromatic ring is 1. The maximum absolute atomic E-state index is 13.7. The van der Waals surface area contributed by atoms with Crippen LogP contribution in [0.5, 0.6) is 0 Å². The number of carbonyl (C=O) groups is 1. The number of imidazole rings is 1. The summed E-state index contributed by atoms with van der Waals surface area (Å²) in [7, 11) is 0. The quantitative estimate of drug-likeness (QED) is 0.746. The fourth-order valence-corrected chi connectivity index (χ4v) is 1.71. The van der Waals surface area contributed by atoms with Gasteiger partial charge in [0.1, 0.15) is 17.9 Å². The van der Waals surface area contributed by atoms with Crippen LogP contribution in [-0.4, -0.2) is 28.7 Å². The summed E-state index contributed by atoms with van der Waals surface area (Å²) < 4.78 is 20.2. The molecule has 0 aliphatic rings. The highest BCUT2D eigenvalue weighted by Gasteiger charge is 2.11. The highest BCUT2D eigenvalue weighted by atomic mass is 19.1. The van der Waals surface area contributed by atoms with Crippen molar-refractivity contribution < 1.29 is 13.9 Å². The summed E-state index contributed by atoms with van der Waals surface area (Å²) in [5, 5.41) is 0. The predicted molar refractivity (Wildman–Crippen MR) is 64.1 cm³/mol. The number of para-hydroxylation sites is 1. The number of nitrogens with two attached hydrogens (primary N) is 2. The zero-order valence-electron chi connectivity index (χ0n) is 9.60. The summed E-state index contributed by atoms with van der Waals surface area (Å²) in [6, 6.07) is 4.58. The van der Waals surface area contributed by atoms with Crippen molar-refractivity contribution in [1.82, 2.24) is 9.55 Å². The molecule has 0 spiro atoms. The second-order valence-electron chi connectivity index (χ2n) is 3.75. The Bertz CT molecular complexity index is 582. The van der Waals surface area contributed by atoms with Crippen molar-refractivity contribution in [2.75, 3.05) is 18.9 Å². The Labute approximate surface area is 102 Å². The number of amides is 1. The number of hydrogen-bond acceptors (Lipinski definition) is 4. The van der Waals surface area contributed by atoms with Gasteiger partial charge in [0.05, 0.1) is 12.1 Å². The van der Waals surface area contributed by atoms with Gasteiger partial charge in [0.15, 0.2) is 0 Å². The van der Waals surface area contributed by atoms with Crippen molar-refractivity contribution in [3.63, 3.8) is 0 Å². The first-order chi connectivity index (χ1) is 8.59. The lowest BCUT2D eigenvalue weighted by Crippen LogP contribution is -2.20. The maximum Gasteiger partial charge on any atom is 0.243 e. The molecule has 0 aliphatic heterocycles. The molecule has 0 unspecified atom stereocenters. The number of ether oxygens (including phenoxy) is 1.